The maximum atomic E-state index is 13.7. The Morgan fingerprint density at radius 1 is 0.933 bits per heavy atom. The first kappa shape index (κ1) is 31.5. The minimum atomic E-state index is -3.96. The molecule has 1 atom stereocenters. The lowest BCUT2D eigenvalue weighted by molar-refractivity contribution is 0.261. The Labute approximate surface area is 261 Å². The van der Waals surface area contributed by atoms with Crippen LogP contribution in [0.15, 0.2) is 63.1 Å². The van der Waals surface area contributed by atoms with Gasteiger partial charge < -0.3 is 4.98 Å². The molecule has 2 aromatic carbocycles. The molecule has 0 bridgehead atoms. The first-order valence-electron chi connectivity index (χ1n) is 15.3. The van der Waals surface area contributed by atoms with Gasteiger partial charge in [0.15, 0.2) is 11.2 Å². The highest BCUT2D eigenvalue weighted by molar-refractivity contribution is 7.89. The molecule has 12 nitrogen and oxygen atoms in total. The van der Waals surface area contributed by atoms with Crippen molar-refractivity contribution in [3.8, 4) is 0 Å². The zero-order valence-electron chi connectivity index (χ0n) is 25.0. The Morgan fingerprint density at radius 2 is 1.62 bits per heavy atom. The van der Waals surface area contributed by atoms with Crippen LogP contribution in [-0.2, 0) is 26.6 Å². The van der Waals surface area contributed by atoms with Gasteiger partial charge in [-0.05, 0) is 67.6 Å². The summed E-state index contributed by atoms with van der Waals surface area (Å²) in [7, 11) is -7.73. The quantitative estimate of drug-likeness (QED) is 0.287. The van der Waals surface area contributed by atoms with Gasteiger partial charge in [-0.25, -0.2) is 30.9 Å². The van der Waals surface area contributed by atoms with Gasteiger partial charge in [-0.2, -0.15) is 8.61 Å². The van der Waals surface area contributed by atoms with Crippen LogP contribution < -0.4 is 5.56 Å². The fourth-order valence-electron chi connectivity index (χ4n) is 6.39. The van der Waals surface area contributed by atoms with E-state index >= 15 is 0 Å². The number of aromatic nitrogens is 5. The molecule has 0 spiro atoms. The van der Waals surface area contributed by atoms with Crippen molar-refractivity contribution in [1.29, 1.82) is 0 Å². The van der Waals surface area contributed by atoms with Crippen LogP contribution in [0, 0.1) is 5.82 Å². The molecule has 2 aliphatic rings. The van der Waals surface area contributed by atoms with E-state index in [1.807, 2.05) is 6.92 Å². The van der Waals surface area contributed by atoms with Crippen molar-refractivity contribution < 1.29 is 21.2 Å². The van der Waals surface area contributed by atoms with E-state index in [9.17, 15) is 26.0 Å². The van der Waals surface area contributed by atoms with Crippen LogP contribution in [0.1, 0.15) is 69.2 Å². The lowest BCUT2D eigenvalue weighted by Gasteiger charge is -2.33. The first-order chi connectivity index (χ1) is 21.6. The third kappa shape index (κ3) is 6.30. The highest BCUT2D eigenvalue weighted by Crippen LogP contribution is 2.31. The number of hydrogen-bond acceptors (Lipinski definition) is 8. The minimum absolute atomic E-state index is 0.00120. The first-order valence-corrected chi connectivity index (χ1v) is 18.2. The predicted molar refractivity (Wildman–Crippen MR) is 165 cm³/mol. The van der Waals surface area contributed by atoms with Crippen molar-refractivity contribution >= 4 is 31.2 Å². The molecule has 0 radical (unpaired) electrons. The molecule has 3 heterocycles. The molecule has 15 heteroatoms. The molecule has 4 aromatic rings. The Morgan fingerprint density at radius 3 is 2.31 bits per heavy atom. The highest BCUT2D eigenvalue weighted by Gasteiger charge is 2.34. The van der Waals surface area contributed by atoms with Crippen LogP contribution in [0.5, 0.6) is 0 Å². The number of rotatable bonds is 9. The van der Waals surface area contributed by atoms with Crippen molar-refractivity contribution in [2.24, 2.45) is 0 Å². The summed E-state index contributed by atoms with van der Waals surface area (Å²) in [4.78, 5) is 20.4. The van der Waals surface area contributed by atoms with Crippen LogP contribution in [0.2, 0.25) is 0 Å². The number of fused-ring (bicyclic) bond motifs is 1. The summed E-state index contributed by atoms with van der Waals surface area (Å²) in [5.74, 6) is -0.429. The van der Waals surface area contributed by atoms with E-state index in [1.54, 1.807) is 12.1 Å². The molecular weight excluding hydrogens is 622 g/mol. The van der Waals surface area contributed by atoms with E-state index in [2.05, 4.69) is 20.3 Å². The van der Waals surface area contributed by atoms with Gasteiger partial charge in [0.1, 0.15) is 11.6 Å². The minimum Gasteiger partial charge on any atom is -0.308 e. The smallest absolute Gasteiger partial charge is 0.281 e. The van der Waals surface area contributed by atoms with Crippen LogP contribution in [0.4, 0.5) is 4.39 Å². The molecule has 6 rings (SSSR count). The maximum absolute atomic E-state index is 13.7. The number of nitrogens with zero attached hydrogens (tertiary/aromatic N) is 6. The normalized spacial score (nSPS) is 19.0. The van der Waals surface area contributed by atoms with Crippen molar-refractivity contribution in [3.63, 3.8) is 0 Å². The number of nitrogens with one attached hydrogen (secondary N) is 1. The van der Waals surface area contributed by atoms with Crippen LogP contribution in [0.3, 0.4) is 0 Å². The van der Waals surface area contributed by atoms with Gasteiger partial charge in [0.25, 0.3) is 5.56 Å². The van der Waals surface area contributed by atoms with Gasteiger partial charge >= 0.3 is 0 Å². The van der Waals surface area contributed by atoms with Gasteiger partial charge in [-0.1, -0.05) is 43.5 Å². The fraction of sp³-hybridized carbons (Fsp3) is 0.467. The average molecular weight is 658 g/mol. The highest BCUT2D eigenvalue weighted by atomic mass is 32.2. The van der Waals surface area contributed by atoms with Crippen molar-refractivity contribution in [1.82, 2.24) is 33.6 Å². The molecule has 2 fully saturated rings. The van der Waals surface area contributed by atoms with Crippen LogP contribution in [0.25, 0.3) is 11.2 Å². The van der Waals surface area contributed by atoms with Gasteiger partial charge in [0.2, 0.25) is 20.0 Å². The van der Waals surface area contributed by atoms with Crippen molar-refractivity contribution in [2.75, 3.05) is 19.6 Å². The summed E-state index contributed by atoms with van der Waals surface area (Å²) in [5, 5.41) is 8.02. The summed E-state index contributed by atoms with van der Waals surface area (Å²) in [6, 6.07) is 11.3. The molecule has 1 saturated heterocycles. The summed E-state index contributed by atoms with van der Waals surface area (Å²) in [5.41, 5.74) is 0.578. The average Bonchev–Trinajstić information content (AvgIpc) is 3.46. The second kappa shape index (κ2) is 12.7. The van der Waals surface area contributed by atoms with E-state index < -0.39 is 31.5 Å². The molecule has 1 saturated carbocycles. The third-order valence-corrected chi connectivity index (χ3v) is 12.7. The number of halogens is 1. The zero-order valence-corrected chi connectivity index (χ0v) is 26.6. The second-order valence-electron chi connectivity index (χ2n) is 11.7. The molecule has 1 aliphatic heterocycles. The van der Waals surface area contributed by atoms with E-state index in [0.29, 0.717) is 25.2 Å². The number of benzene rings is 2. The van der Waals surface area contributed by atoms with E-state index in [-0.39, 0.29) is 52.4 Å². The number of sulfonamides is 2. The topological polar surface area (TPSA) is 151 Å². The van der Waals surface area contributed by atoms with Crippen LogP contribution in [-0.4, -0.2) is 76.1 Å². The zero-order chi connectivity index (χ0) is 31.8. The second-order valence-corrected chi connectivity index (χ2v) is 15.5. The fourth-order valence-corrected chi connectivity index (χ4v) is 9.61. The van der Waals surface area contributed by atoms with Gasteiger partial charge in [-0.3, -0.25) is 4.79 Å². The Kier molecular flexibility index (Phi) is 8.87. The number of H-pyrrole nitrogens is 1. The molecular formula is C30H36FN7O5S2. The van der Waals surface area contributed by atoms with Crippen LogP contribution >= 0.6 is 0 Å². The monoisotopic (exact) mass is 657 g/mol. The summed E-state index contributed by atoms with van der Waals surface area (Å²) >= 11 is 0. The number of hydrogen-bond donors (Lipinski definition) is 1. The predicted octanol–water partition coefficient (Wildman–Crippen LogP) is 3.61. The van der Waals surface area contributed by atoms with Gasteiger partial charge in [-0.15, -0.1) is 5.10 Å². The molecule has 1 unspecified atom stereocenters. The van der Waals surface area contributed by atoms with Crippen molar-refractivity contribution in [3.05, 3.63) is 76.1 Å². The molecule has 1 aliphatic carbocycles. The summed E-state index contributed by atoms with van der Waals surface area (Å²) in [6.07, 6.45) is 5.91. The van der Waals surface area contributed by atoms with E-state index in [1.165, 1.54) is 49.7 Å². The molecule has 1 N–H and O–H groups in total. The van der Waals surface area contributed by atoms with E-state index in [4.69, 9.17) is 0 Å². The van der Waals surface area contributed by atoms with Gasteiger partial charge in [0.05, 0.1) is 16.3 Å². The molecule has 2 aromatic heterocycles. The Hall–Kier alpha value is -3.53. The maximum Gasteiger partial charge on any atom is 0.281 e. The lowest BCUT2D eigenvalue weighted by atomic mass is 9.95. The summed E-state index contributed by atoms with van der Waals surface area (Å²) in [6.45, 7) is 2.77. The summed E-state index contributed by atoms with van der Waals surface area (Å²) < 4.78 is 72.1. The Balaban J connectivity index is 1.21. The molecule has 0 amide bonds. The SMILES string of the molecule is CCN(C1CCCCC1)S(=O)(=O)c1ccc(S(=O)(=O)N2CCCC(c3nc4c(nnn4Cc4ccc(F)cc4)c(=O)[nH]3)C2)cc1. The largest absolute Gasteiger partial charge is 0.308 e. The standard InChI is InChI=1S/C30H36FN7O5S2/c1-2-38(24-8-4-3-5-9-24)45(42,43)26-16-14-25(15-17-26)44(40,41)36-18-6-7-22(20-36)28-32-29-27(30(39)33-28)34-35-37(29)19-21-10-12-23(31)13-11-21/h10-17,22,24H,2-9,18-20H2,1H3,(H,32,33,39). The molecule has 240 valence electrons. The van der Waals surface area contributed by atoms with Gasteiger partial charge in [0, 0.05) is 31.6 Å². The van der Waals surface area contributed by atoms with E-state index in [0.717, 1.165) is 37.7 Å². The lowest BCUT2D eigenvalue weighted by Crippen LogP contribution is -2.41. The number of piperidine rings is 1. The third-order valence-electron chi connectivity index (χ3n) is 8.77. The van der Waals surface area contributed by atoms with Crippen molar-refractivity contribution in [2.45, 2.75) is 80.2 Å². The number of aromatic amines is 1. The Bertz CT molecular complexity index is 1940. The molecule has 45 heavy (non-hydrogen) atoms.